The minimum absolute atomic E-state index is 0. The van der Waals surface area contributed by atoms with Gasteiger partial charge in [-0.05, 0) is 88.4 Å². The number of hydrogen-bond donors (Lipinski definition) is 0. The molecular formula is C32H43FeNO4Si+2. The third kappa shape index (κ3) is 7.58. The molecule has 2 saturated carbocycles. The van der Waals surface area contributed by atoms with Gasteiger partial charge in [0.15, 0.2) is 20.1 Å². The Balaban J connectivity index is 0.000000797. The van der Waals surface area contributed by atoms with E-state index in [1.165, 1.54) is 0 Å². The van der Waals surface area contributed by atoms with Crippen LogP contribution in [0.3, 0.4) is 0 Å². The van der Waals surface area contributed by atoms with Gasteiger partial charge < -0.3 is 9.16 Å². The zero-order valence-corrected chi connectivity index (χ0v) is 26.8. The smallest absolute Gasteiger partial charge is 0.439 e. The van der Waals surface area contributed by atoms with Crippen molar-refractivity contribution in [2.45, 2.75) is 84.5 Å². The van der Waals surface area contributed by atoms with Gasteiger partial charge in [0.05, 0.1) is 0 Å². The number of cyclic esters (lactones) is 1. The molecule has 1 aliphatic heterocycles. The van der Waals surface area contributed by atoms with Crippen LogP contribution in [0, 0.1) is 69.1 Å². The first-order chi connectivity index (χ1) is 17.6. The number of hydrogen-bond acceptors (Lipinski definition) is 4. The van der Waals surface area contributed by atoms with E-state index in [1.807, 2.05) is 109 Å². The topological polar surface area (TPSA) is 55.8 Å². The molecule has 3 fully saturated rings. The van der Waals surface area contributed by atoms with Crippen LogP contribution < -0.4 is 0 Å². The quantitative estimate of drug-likeness (QED) is 0.284. The summed E-state index contributed by atoms with van der Waals surface area (Å²) in [5.74, 6) is 0.185. The van der Waals surface area contributed by atoms with Crippen molar-refractivity contribution in [1.29, 1.82) is 0 Å². The molecule has 2 aliphatic carbocycles. The van der Waals surface area contributed by atoms with Crippen molar-refractivity contribution < 1.29 is 35.8 Å². The van der Waals surface area contributed by atoms with Crippen LogP contribution in [-0.2, 0) is 35.8 Å². The Hall–Kier alpha value is -1.14. The van der Waals surface area contributed by atoms with E-state index in [0.717, 1.165) is 11.5 Å². The summed E-state index contributed by atoms with van der Waals surface area (Å²) in [7, 11) is -2.34. The molecule has 0 spiro atoms. The zero-order chi connectivity index (χ0) is 28.4. The van der Waals surface area contributed by atoms with Gasteiger partial charge in [-0.3, -0.25) is 9.69 Å². The summed E-state index contributed by atoms with van der Waals surface area (Å²) in [6.07, 6.45) is 16.1. The molecule has 0 unspecified atom stereocenters. The minimum atomic E-state index is -2.34. The summed E-state index contributed by atoms with van der Waals surface area (Å²) >= 11 is 0. The van der Waals surface area contributed by atoms with Crippen LogP contribution in [0.5, 0.6) is 0 Å². The van der Waals surface area contributed by atoms with Gasteiger partial charge in [0.2, 0.25) is 5.91 Å². The largest absolute Gasteiger partial charge is 2.00 e. The van der Waals surface area contributed by atoms with E-state index in [9.17, 15) is 9.59 Å². The van der Waals surface area contributed by atoms with Gasteiger partial charge >= 0.3 is 23.0 Å². The fourth-order valence-corrected chi connectivity index (χ4v) is 5.53. The fourth-order valence-electron chi connectivity index (χ4n) is 4.23. The molecule has 39 heavy (non-hydrogen) atoms. The van der Waals surface area contributed by atoms with Crippen molar-refractivity contribution in [3.8, 4) is 0 Å². The van der Waals surface area contributed by atoms with Crippen molar-refractivity contribution in [2.24, 2.45) is 5.41 Å². The molecule has 3 aliphatic rings. The zero-order valence-electron chi connectivity index (χ0n) is 24.7. The van der Waals surface area contributed by atoms with Gasteiger partial charge in [0.1, 0.15) is 6.10 Å². The van der Waals surface area contributed by atoms with Crippen LogP contribution >= 0.6 is 0 Å². The van der Waals surface area contributed by atoms with Crippen LogP contribution in [-0.4, -0.2) is 36.9 Å². The maximum atomic E-state index is 13.9. The molecule has 3 atom stereocenters. The molecule has 1 amide bonds. The van der Waals surface area contributed by atoms with Gasteiger partial charge in [0, 0.05) is 11.3 Å². The second-order valence-corrected chi connectivity index (χ2v) is 17.4. The number of carbonyl (C=O) groups excluding carboxylic acids is 2. The standard InChI is InChI=1S/C27H38NO4Si.C5H5.Fe/c1-25(2,3)23(29)28-22(20-17-13-14-18-20)31-24(30)27(28,7)21(19-15-11-10-12-16-19)32-33(8,9)26(4,5)6;1-2-4-5-3-1;/h10-18,21-22H,1-9H3;1-5H;/q;;+2/t21-,22+,27-;;/m1../s1. The molecule has 1 aromatic carbocycles. The average Bonchev–Trinajstić information content (AvgIpc) is 3.61. The Morgan fingerprint density at radius 2 is 1.41 bits per heavy atom. The van der Waals surface area contributed by atoms with E-state index in [-0.39, 0.29) is 28.0 Å². The van der Waals surface area contributed by atoms with E-state index in [4.69, 9.17) is 9.16 Å². The molecule has 0 bridgehead atoms. The van der Waals surface area contributed by atoms with Crippen LogP contribution in [0.25, 0.3) is 0 Å². The van der Waals surface area contributed by atoms with Gasteiger partial charge in [-0.2, -0.15) is 0 Å². The Morgan fingerprint density at radius 1 is 0.923 bits per heavy atom. The summed E-state index contributed by atoms with van der Waals surface area (Å²) < 4.78 is 12.9. The number of nitrogens with zero attached hydrogens (tertiary/aromatic N) is 1. The average molecular weight is 590 g/mol. The van der Waals surface area contributed by atoms with Crippen molar-refractivity contribution in [3.05, 3.63) is 99.6 Å². The first-order valence-corrected chi connectivity index (χ1v) is 16.2. The molecule has 1 saturated heterocycles. The van der Waals surface area contributed by atoms with E-state index >= 15 is 0 Å². The normalized spacial score (nSPS) is 25.0. The maximum absolute atomic E-state index is 13.9. The van der Waals surface area contributed by atoms with Crippen molar-refractivity contribution in [2.75, 3.05) is 0 Å². The number of benzene rings is 1. The summed E-state index contributed by atoms with van der Waals surface area (Å²) in [4.78, 5) is 29.2. The fraction of sp³-hybridized carbons (Fsp3) is 0.438. The minimum Gasteiger partial charge on any atom is -0.439 e. The Morgan fingerprint density at radius 3 is 1.85 bits per heavy atom. The van der Waals surface area contributed by atoms with Crippen LogP contribution in [0.1, 0.15) is 60.1 Å². The Kier molecular flexibility index (Phi) is 11.6. The van der Waals surface area contributed by atoms with Gasteiger partial charge in [-0.25, -0.2) is 4.79 Å². The number of carbonyl (C=O) groups is 2. The van der Waals surface area contributed by atoms with Gasteiger partial charge in [-0.15, -0.1) is 0 Å². The number of amides is 1. The molecule has 1 aromatic rings. The van der Waals surface area contributed by atoms with Gasteiger partial charge in [-0.1, -0.05) is 71.9 Å². The summed E-state index contributed by atoms with van der Waals surface area (Å²) in [6.45, 7) is 18.2. The molecular weight excluding hydrogens is 546 g/mol. The molecule has 7 heteroatoms. The first-order valence-electron chi connectivity index (χ1n) is 13.3. The maximum Gasteiger partial charge on any atom is 2.00 e. The van der Waals surface area contributed by atoms with Crippen molar-refractivity contribution in [1.82, 2.24) is 4.90 Å². The molecule has 4 rings (SSSR count). The first kappa shape index (κ1) is 34.1. The van der Waals surface area contributed by atoms with Crippen molar-refractivity contribution >= 4 is 20.2 Å². The molecule has 5 nitrogen and oxygen atoms in total. The predicted molar refractivity (Wildman–Crippen MR) is 154 cm³/mol. The van der Waals surface area contributed by atoms with E-state index in [0.29, 0.717) is 0 Å². The third-order valence-electron chi connectivity index (χ3n) is 7.59. The van der Waals surface area contributed by atoms with E-state index in [1.54, 1.807) is 11.8 Å². The van der Waals surface area contributed by atoms with E-state index in [2.05, 4.69) is 33.9 Å². The monoisotopic (exact) mass is 589 g/mol. The summed E-state index contributed by atoms with van der Waals surface area (Å²) in [5.41, 5.74) is -1.18. The molecule has 1 heterocycles. The van der Waals surface area contributed by atoms with Crippen LogP contribution in [0.15, 0.2) is 30.3 Å². The molecule has 10 radical (unpaired) electrons. The Bertz CT molecular complexity index is 938. The van der Waals surface area contributed by atoms with Crippen LogP contribution in [0.4, 0.5) is 0 Å². The second-order valence-electron chi connectivity index (χ2n) is 12.7. The van der Waals surface area contributed by atoms with Crippen LogP contribution in [0.2, 0.25) is 18.1 Å². The second kappa shape index (κ2) is 13.2. The molecule has 210 valence electrons. The SMILES string of the molecule is CC(C)(C)C(=O)N1[C@H]([C]2[CH][CH][CH][CH]2)OC(=O)[C@@]1(C)[C@H](O[Si](C)(C)C(C)(C)C)c1ccccc1.[CH]1[CH][CH][CH][CH]1.[Fe+2]. The van der Waals surface area contributed by atoms with Gasteiger partial charge in [0.25, 0.3) is 0 Å². The summed E-state index contributed by atoms with van der Waals surface area (Å²) in [5, 5.41) is -0.0805. The predicted octanol–water partition coefficient (Wildman–Crippen LogP) is 6.69. The number of ether oxygens (including phenoxy) is 1. The molecule has 0 N–H and O–H groups in total. The van der Waals surface area contributed by atoms with Crippen molar-refractivity contribution in [3.63, 3.8) is 0 Å². The molecule has 0 aromatic heterocycles. The Labute approximate surface area is 249 Å². The summed E-state index contributed by atoms with van der Waals surface area (Å²) in [6, 6.07) is 9.74. The third-order valence-corrected chi connectivity index (χ3v) is 12.0. The number of rotatable bonds is 5. The number of esters is 1. The van der Waals surface area contributed by atoms with E-state index < -0.39 is 37.6 Å².